The van der Waals surface area contributed by atoms with Gasteiger partial charge in [0.1, 0.15) is 10.7 Å². The van der Waals surface area contributed by atoms with E-state index in [4.69, 9.17) is 4.52 Å². The summed E-state index contributed by atoms with van der Waals surface area (Å²) in [6, 6.07) is 1.51. The fourth-order valence-electron chi connectivity index (χ4n) is 3.52. The average molecular weight is 390 g/mol. The van der Waals surface area contributed by atoms with Crippen molar-refractivity contribution in [1.82, 2.24) is 29.3 Å². The summed E-state index contributed by atoms with van der Waals surface area (Å²) in [5, 5.41) is 4.60. The Hall–Kier alpha value is -2.30. The highest BCUT2D eigenvalue weighted by atomic mass is 32.2. The number of aryl methyl sites for hydroxylation is 1. The predicted molar refractivity (Wildman–Crippen MR) is 98.5 cm³/mol. The molecular weight excluding hydrogens is 368 g/mol. The van der Waals surface area contributed by atoms with Crippen molar-refractivity contribution >= 4 is 21.1 Å². The lowest BCUT2D eigenvalue weighted by Gasteiger charge is -2.39. The fourth-order valence-corrected chi connectivity index (χ4v) is 4.93. The van der Waals surface area contributed by atoms with Crippen molar-refractivity contribution in [3.63, 3.8) is 0 Å². The van der Waals surface area contributed by atoms with E-state index in [0.717, 1.165) is 12.4 Å². The van der Waals surface area contributed by atoms with Crippen molar-refractivity contribution in [3.8, 4) is 0 Å². The van der Waals surface area contributed by atoms with Gasteiger partial charge in [-0.15, -0.1) is 0 Å². The van der Waals surface area contributed by atoms with Gasteiger partial charge in [0, 0.05) is 32.0 Å². The number of hydrogen-bond acceptors (Lipinski definition) is 7. The first-order chi connectivity index (χ1) is 13.0. The molecule has 27 heavy (non-hydrogen) atoms. The highest BCUT2D eigenvalue weighted by Gasteiger charge is 2.36. The minimum atomic E-state index is -3.68. The maximum absolute atomic E-state index is 13.2. The Labute approximate surface area is 157 Å². The molecule has 0 radical (unpaired) electrons. The van der Waals surface area contributed by atoms with Gasteiger partial charge in [0.25, 0.3) is 5.71 Å². The maximum Gasteiger partial charge on any atom is 0.258 e. The number of imidazole rings is 1. The second kappa shape index (κ2) is 7.02. The average Bonchev–Trinajstić information content (AvgIpc) is 3.36. The van der Waals surface area contributed by atoms with E-state index in [2.05, 4.69) is 31.9 Å². The molecule has 4 rings (SSSR count). The van der Waals surface area contributed by atoms with E-state index in [9.17, 15) is 8.42 Å². The van der Waals surface area contributed by atoms with Gasteiger partial charge in [0.2, 0.25) is 10.0 Å². The van der Waals surface area contributed by atoms with Crippen molar-refractivity contribution in [1.29, 1.82) is 0 Å². The molecule has 1 N–H and O–H groups in total. The molecular formula is C17H22N6O3S. The molecule has 3 aromatic heterocycles. The Balaban J connectivity index is 1.67. The molecule has 1 aliphatic rings. The number of likely N-dealkylation sites (N-methyl/N-ethyl adjacent to an activating group) is 1. The Morgan fingerprint density at radius 3 is 2.85 bits per heavy atom. The summed E-state index contributed by atoms with van der Waals surface area (Å²) in [6.45, 7) is 6.24. The summed E-state index contributed by atoms with van der Waals surface area (Å²) < 4.78 is 33.2. The van der Waals surface area contributed by atoms with Crippen LogP contribution in [0.5, 0.6) is 0 Å². The molecule has 1 atom stereocenters. The van der Waals surface area contributed by atoms with Crippen LogP contribution in [0.4, 0.5) is 0 Å². The Morgan fingerprint density at radius 1 is 1.30 bits per heavy atom. The maximum atomic E-state index is 13.2. The zero-order valence-electron chi connectivity index (χ0n) is 15.3. The quantitative estimate of drug-likeness (QED) is 0.704. The topological polar surface area (TPSA) is 108 Å². The summed E-state index contributed by atoms with van der Waals surface area (Å²) in [6.07, 6.45) is 5.43. The van der Waals surface area contributed by atoms with E-state index >= 15 is 0 Å². The van der Waals surface area contributed by atoms with E-state index < -0.39 is 10.0 Å². The fraction of sp³-hybridized carbons (Fsp3) is 0.471. The van der Waals surface area contributed by atoms with Crippen LogP contribution in [0.3, 0.4) is 0 Å². The van der Waals surface area contributed by atoms with Crippen LogP contribution in [0.1, 0.15) is 31.4 Å². The molecule has 0 aromatic carbocycles. The lowest BCUT2D eigenvalue weighted by Crippen LogP contribution is -2.50. The minimum absolute atomic E-state index is 0.105. The number of H-pyrrole nitrogens is 1. The number of fused-ring (bicyclic) bond motifs is 1. The summed E-state index contributed by atoms with van der Waals surface area (Å²) in [7, 11) is -3.68. The van der Waals surface area contributed by atoms with Crippen molar-refractivity contribution < 1.29 is 12.9 Å². The second-order valence-electron chi connectivity index (χ2n) is 6.49. The standard InChI is InChI=1S/C17H22N6O3S/c1-3-14-13-9-12(10-20-17(13)26-21-14)27(24,25)23-8-7-22(4-2)15(11-23)16-18-5-6-19-16/h5-6,9-10,15H,3-4,7-8,11H2,1-2H3,(H,18,19)/t15-/m0/s1. The van der Waals surface area contributed by atoms with Crippen molar-refractivity contribution in [2.24, 2.45) is 0 Å². The molecule has 1 saturated heterocycles. The zero-order chi connectivity index (χ0) is 19.0. The van der Waals surface area contributed by atoms with Gasteiger partial charge in [-0.2, -0.15) is 4.31 Å². The number of pyridine rings is 1. The first-order valence-corrected chi connectivity index (χ1v) is 10.5. The summed E-state index contributed by atoms with van der Waals surface area (Å²) >= 11 is 0. The first kappa shape index (κ1) is 18.1. The van der Waals surface area contributed by atoms with Crippen LogP contribution in [0.25, 0.3) is 11.1 Å². The van der Waals surface area contributed by atoms with Gasteiger partial charge in [-0.3, -0.25) is 4.90 Å². The number of nitrogens with zero attached hydrogens (tertiary/aromatic N) is 5. The molecule has 0 amide bonds. The number of sulfonamides is 1. The van der Waals surface area contributed by atoms with Crippen molar-refractivity contribution in [2.75, 3.05) is 26.2 Å². The second-order valence-corrected chi connectivity index (χ2v) is 8.43. The zero-order valence-corrected chi connectivity index (χ0v) is 16.1. The molecule has 0 unspecified atom stereocenters. The van der Waals surface area contributed by atoms with E-state index in [1.165, 1.54) is 10.5 Å². The highest BCUT2D eigenvalue weighted by Crippen LogP contribution is 2.28. The van der Waals surface area contributed by atoms with E-state index in [0.29, 0.717) is 42.8 Å². The van der Waals surface area contributed by atoms with E-state index in [1.807, 2.05) is 6.92 Å². The molecule has 1 fully saturated rings. The third-order valence-corrected chi connectivity index (χ3v) is 6.88. The number of aromatic amines is 1. The summed E-state index contributed by atoms with van der Waals surface area (Å²) in [5.74, 6) is 0.776. The lowest BCUT2D eigenvalue weighted by atomic mass is 10.2. The van der Waals surface area contributed by atoms with Crippen molar-refractivity contribution in [3.05, 3.63) is 36.2 Å². The van der Waals surface area contributed by atoms with E-state index in [-0.39, 0.29) is 10.9 Å². The van der Waals surface area contributed by atoms with E-state index in [1.54, 1.807) is 18.5 Å². The van der Waals surface area contributed by atoms with Gasteiger partial charge in [0.05, 0.1) is 23.3 Å². The smallest absolute Gasteiger partial charge is 0.258 e. The normalized spacial score (nSPS) is 19.7. The summed E-state index contributed by atoms with van der Waals surface area (Å²) in [4.78, 5) is 14.0. The Bertz CT molecular complexity index is 1030. The van der Waals surface area contributed by atoms with Crippen LogP contribution in [0.15, 0.2) is 34.1 Å². The van der Waals surface area contributed by atoms with Crippen LogP contribution in [-0.2, 0) is 16.4 Å². The third-order valence-electron chi connectivity index (χ3n) is 5.05. The van der Waals surface area contributed by atoms with Crippen LogP contribution in [-0.4, -0.2) is 63.9 Å². The number of nitrogens with one attached hydrogen (secondary N) is 1. The molecule has 4 heterocycles. The molecule has 9 nitrogen and oxygen atoms in total. The Kier molecular flexibility index (Phi) is 4.70. The largest absolute Gasteiger partial charge is 0.347 e. The Morgan fingerprint density at radius 2 is 2.15 bits per heavy atom. The van der Waals surface area contributed by atoms with Gasteiger partial charge in [0.15, 0.2) is 0 Å². The van der Waals surface area contributed by atoms with Gasteiger partial charge < -0.3 is 9.51 Å². The van der Waals surface area contributed by atoms with Gasteiger partial charge in [-0.25, -0.2) is 18.4 Å². The number of rotatable bonds is 5. The number of aromatic nitrogens is 4. The molecule has 0 spiro atoms. The van der Waals surface area contributed by atoms with Gasteiger partial charge >= 0.3 is 0 Å². The predicted octanol–water partition coefficient (Wildman–Crippen LogP) is 1.58. The molecule has 0 saturated carbocycles. The van der Waals surface area contributed by atoms with Crippen molar-refractivity contribution in [2.45, 2.75) is 31.2 Å². The molecule has 10 heteroatoms. The van der Waals surface area contributed by atoms with Crippen LogP contribution in [0, 0.1) is 0 Å². The lowest BCUT2D eigenvalue weighted by molar-refractivity contribution is 0.119. The summed E-state index contributed by atoms with van der Waals surface area (Å²) in [5.41, 5.74) is 1.06. The number of hydrogen-bond donors (Lipinski definition) is 1. The van der Waals surface area contributed by atoms with Crippen LogP contribution >= 0.6 is 0 Å². The molecule has 144 valence electrons. The molecule has 0 aliphatic carbocycles. The molecule has 3 aromatic rings. The van der Waals surface area contributed by atoms with Gasteiger partial charge in [-0.1, -0.05) is 19.0 Å². The SMILES string of the molecule is CCc1noc2ncc(S(=O)(=O)N3CCN(CC)[C@H](c4ncc[nH]4)C3)cc12. The van der Waals surface area contributed by atoms with Gasteiger partial charge in [-0.05, 0) is 19.0 Å². The first-order valence-electron chi connectivity index (χ1n) is 9.02. The number of piperazine rings is 1. The highest BCUT2D eigenvalue weighted by molar-refractivity contribution is 7.89. The molecule has 1 aliphatic heterocycles. The minimum Gasteiger partial charge on any atom is -0.347 e. The third kappa shape index (κ3) is 3.13. The van der Waals surface area contributed by atoms with Crippen LogP contribution in [0.2, 0.25) is 0 Å². The molecule has 0 bridgehead atoms. The monoisotopic (exact) mass is 390 g/mol. The van der Waals surface area contributed by atoms with Crippen LogP contribution < -0.4 is 0 Å².